The summed E-state index contributed by atoms with van der Waals surface area (Å²) in [6.07, 6.45) is 7.38. The smallest absolute Gasteiger partial charge is 0.267 e. The van der Waals surface area contributed by atoms with Crippen molar-refractivity contribution in [3.8, 4) is 0 Å². The van der Waals surface area contributed by atoms with E-state index >= 15 is 0 Å². The highest BCUT2D eigenvalue weighted by Crippen LogP contribution is 2.40. The number of nitrogens with zero attached hydrogens (tertiary/aromatic N) is 1. The first-order chi connectivity index (χ1) is 11.4. The van der Waals surface area contributed by atoms with Crippen molar-refractivity contribution in [1.29, 1.82) is 0 Å². The zero-order chi connectivity index (χ0) is 17.3. The number of likely N-dealkylation sites (tertiary alicyclic amines) is 1. The number of amides is 2. The fourth-order valence-corrected chi connectivity index (χ4v) is 5.82. The molecule has 6 nitrogen and oxygen atoms in total. The van der Waals surface area contributed by atoms with Crippen molar-refractivity contribution in [3.05, 3.63) is 0 Å². The highest BCUT2D eigenvalue weighted by molar-refractivity contribution is 7.86. The van der Waals surface area contributed by atoms with Gasteiger partial charge in [-0.3, -0.25) is 18.7 Å². The van der Waals surface area contributed by atoms with Crippen LogP contribution >= 0.6 is 0 Å². The second-order valence-electron chi connectivity index (χ2n) is 7.48. The molecule has 7 heteroatoms. The fourth-order valence-electron chi connectivity index (χ4n) is 4.72. The van der Waals surface area contributed by atoms with Crippen LogP contribution < -0.4 is 0 Å². The second kappa shape index (κ2) is 7.12. The molecule has 2 amide bonds. The standard InChI is InChI=1S/C17H27NO5S/c1-23-24(21,22)11-13-7-3-2-6-12(13)10-18-16(19)14-8-4-5-9-15(14)17(18)20/h12-15H,2-11H2,1H3/t12-,13-,14?,15?/m0/s1. The SMILES string of the molecule is COS(=O)(=O)C[C@@H]1CCCC[C@H]1CN1C(=O)C2CCCCC2C1=O. The molecule has 2 unspecified atom stereocenters. The Balaban J connectivity index is 1.71. The van der Waals surface area contributed by atoms with Gasteiger partial charge in [0.15, 0.2) is 0 Å². The number of carbonyl (C=O) groups excluding carboxylic acids is 2. The summed E-state index contributed by atoms with van der Waals surface area (Å²) in [6, 6.07) is 0. The molecule has 0 aromatic carbocycles. The van der Waals surface area contributed by atoms with Crippen LogP contribution in [0.4, 0.5) is 0 Å². The zero-order valence-corrected chi connectivity index (χ0v) is 15.1. The van der Waals surface area contributed by atoms with Gasteiger partial charge in [0.25, 0.3) is 10.1 Å². The summed E-state index contributed by atoms with van der Waals surface area (Å²) >= 11 is 0. The molecule has 1 saturated heterocycles. The van der Waals surface area contributed by atoms with Gasteiger partial charge in [-0.25, -0.2) is 0 Å². The first-order valence-corrected chi connectivity index (χ1v) is 10.6. The van der Waals surface area contributed by atoms with Crippen molar-refractivity contribution in [3.63, 3.8) is 0 Å². The molecule has 0 aromatic rings. The van der Waals surface area contributed by atoms with E-state index in [0.29, 0.717) is 6.54 Å². The average Bonchev–Trinajstić information content (AvgIpc) is 2.82. The van der Waals surface area contributed by atoms with Crippen LogP contribution in [0.25, 0.3) is 0 Å². The van der Waals surface area contributed by atoms with Crippen LogP contribution in [0.3, 0.4) is 0 Å². The van der Waals surface area contributed by atoms with Crippen LogP contribution in [0.5, 0.6) is 0 Å². The molecule has 24 heavy (non-hydrogen) atoms. The van der Waals surface area contributed by atoms with Gasteiger partial charge in [0, 0.05) is 6.54 Å². The van der Waals surface area contributed by atoms with E-state index < -0.39 is 10.1 Å². The Morgan fingerprint density at radius 1 is 0.917 bits per heavy atom. The Morgan fingerprint density at radius 2 is 1.42 bits per heavy atom. The van der Waals surface area contributed by atoms with E-state index in [4.69, 9.17) is 0 Å². The number of rotatable bonds is 5. The lowest BCUT2D eigenvalue weighted by Crippen LogP contribution is -2.40. The van der Waals surface area contributed by atoms with Crippen LogP contribution in [-0.4, -0.2) is 44.5 Å². The van der Waals surface area contributed by atoms with Crippen molar-refractivity contribution in [2.75, 3.05) is 19.4 Å². The van der Waals surface area contributed by atoms with E-state index in [1.807, 2.05) is 0 Å². The summed E-state index contributed by atoms with van der Waals surface area (Å²) in [5.41, 5.74) is 0. The monoisotopic (exact) mass is 357 g/mol. The number of carbonyl (C=O) groups is 2. The summed E-state index contributed by atoms with van der Waals surface area (Å²) < 4.78 is 28.2. The predicted molar refractivity (Wildman–Crippen MR) is 88.4 cm³/mol. The van der Waals surface area contributed by atoms with Gasteiger partial charge in [-0.05, 0) is 37.5 Å². The predicted octanol–water partition coefficient (Wildman–Crippen LogP) is 1.94. The third kappa shape index (κ3) is 3.52. The third-order valence-electron chi connectivity index (χ3n) is 6.09. The van der Waals surface area contributed by atoms with Crippen molar-refractivity contribution < 1.29 is 22.2 Å². The van der Waals surface area contributed by atoms with Crippen molar-refractivity contribution in [2.24, 2.45) is 23.7 Å². The topological polar surface area (TPSA) is 80.8 Å². The van der Waals surface area contributed by atoms with Gasteiger partial charge in [-0.15, -0.1) is 0 Å². The van der Waals surface area contributed by atoms with E-state index in [9.17, 15) is 18.0 Å². The molecule has 2 saturated carbocycles. The maximum Gasteiger partial charge on any atom is 0.267 e. The second-order valence-corrected chi connectivity index (χ2v) is 9.26. The van der Waals surface area contributed by atoms with Crippen molar-refractivity contribution in [1.82, 2.24) is 4.90 Å². The first-order valence-electron chi connectivity index (χ1n) is 9.06. The Hall–Kier alpha value is -0.950. The van der Waals surface area contributed by atoms with Gasteiger partial charge in [-0.1, -0.05) is 25.7 Å². The quantitative estimate of drug-likeness (QED) is 0.555. The molecule has 0 spiro atoms. The molecule has 3 fully saturated rings. The number of fused-ring (bicyclic) bond motifs is 1. The maximum absolute atomic E-state index is 12.6. The Kier molecular flexibility index (Phi) is 5.30. The van der Waals surface area contributed by atoms with Crippen LogP contribution in [0.15, 0.2) is 0 Å². The summed E-state index contributed by atoms with van der Waals surface area (Å²) in [7, 11) is -2.34. The normalized spacial score (nSPS) is 34.5. The Morgan fingerprint density at radius 3 is 1.96 bits per heavy atom. The highest BCUT2D eigenvalue weighted by Gasteiger charge is 2.49. The molecule has 3 aliphatic rings. The average molecular weight is 357 g/mol. The number of hydrogen-bond acceptors (Lipinski definition) is 5. The van der Waals surface area contributed by atoms with Crippen molar-refractivity contribution in [2.45, 2.75) is 51.4 Å². The number of hydrogen-bond donors (Lipinski definition) is 0. The van der Waals surface area contributed by atoms with E-state index in [0.717, 1.165) is 51.4 Å². The molecule has 0 aromatic heterocycles. The molecule has 0 N–H and O–H groups in total. The summed E-state index contributed by atoms with van der Waals surface area (Å²) in [5, 5.41) is 0. The van der Waals surface area contributed by atoms with E-state index in [1.165, 1.54) is 12.0 Å². The summed E-state index contributed by atoms with van der Waals surface area (Å²) in [4.78, 5) is 26.7. The minimum atomic E-state index is -3.52. The molecule has 3 rings (SSSR count). The van der Waals surface area contributed by atoms with Crippen LogP contribution in [0, 0.1) is 23.7 Å². The lowest BCUT2D eigenvalue weighted by molar-refractivity contribution is -0.141. The minimum absolute atomic E-state index is 0.0166. The summed E-state index contributed by atoms with van der Waals surface area (Å²) in [5.74, 6) is -0.292. The van der Waals surface area contributed by atoms with Gasteiger partial charge in [0.1, 0.15) is 0 Å². The molecule has 4 atom stereocenters. The Bertz CT molecular complexity index is 578. The molecule has 136 valence electrons. The fraction of sp³-hybridized carbons (Fsp3) is 0.882. The largest absolute Gasteiger partial charge is 0.282 e. The molecule has 1 aliphatic heterocycles. The van der Waals surface area contributed by atoms with Gasteiger partial charge in [0.2, 0.25) is 11.8 Å². The van der Waals surface area contributed by atoms with Gasteiger partial charge in [-0.2, -0.15) is 8.42 Å². The lowest BCUT2D eigenvalue weighted by atomic mass is 9.80. The summed E-state index contributed by atoms with van der Waals surface area (Å²) in [6.45, 7) is 0.383. The highest BCUT2D eigenvalue weighted by atomic mass is 32.2. The van der Waals surface area contributed by atoms with Crippen LogP contribution in [-0.2, 0) is 23.9 Å². The van der Waals surface area contributed by atoms with Crippen LogP contribution in [0.2, 0.25) is 0 Å². The van der Waals surface area contributed by atoms with Gasteiger partial charge >= 0.3 is 0 Å². The van der Waals surface area contributed by atoms with E-state index in [1.54, 1.807) is 0 Å². The third-order valence-corrected chi connectivity index (χ3v) is 7.43. The molecular weight excluding hydrogens is 330 g/mol. The molecule has 0 radical (unpaired) electrons. The molecular formula is C17H27NO5S. The van der Waals surface area contributed by atoms with Crippen molar-refractivity contribution >= 4 is 21.9 Å². The minimum Gasteiger partial charge on any atom is -0.282 e. The first kappa shape index (κ1) is 17.9. The molecule has 0 bridgehead atoms. The van der Waals surface area contributed by atoms with E-state index in [-0.39, 0.29) is 41.2 Å². The number of imide groups is 1. The van der Waals surface area contributed by atoms with Gasteiger partial charge in [0.05, 0.1) is 24.7 Å². The molecule has 2 aliphatic carbocycles. The Labute approximate surface area is 144 Å². The van der Waals surface area contributed by atoms with Gasteiger partial charge < -0.3 is 0 Å². The zero-order valence-electron chi connectivity index (χ0n) is 14.3. The van der Waals surface area contributed by atoms with Crippen LogP contribution in [0.1, 0.15) is 51.4 Å². The van der Waals surface area contributed by atoms with E-state index in [2.05, 4.69) is 4.18 Å². The lowest BCUT2D eigenvalue weighted by Gasteiger charge is -2.33. The molecule has 1 heterocycles. The maximum atomic E-state index is 12.6.